The van der Waals surface area contributed by atoms with E-state index in [9.17, 15) is 8.42 Å². The van der Waals surface area contributed by atoms with E-state index in [0.717, 1.165) is 18.9 Å². The van der Waals surface area contributed by atoms with E-state index in [1.54, 1.807) is 30.3 Å². The summed E-state index contributed by atoms with van der Waals surface area (Å²) in [5.41, 5.74) is 0. The van der Waals surface area contributed by atoms with Crippen molar-refractivity contribution in [2.75, 3.05) is 19.6 Å². The lowest BCUT2D eigenvalue weighted by Crippen LogP contribution is -2.39. The maximum absolute atomic E-state index is 12.0. The van der Waals surface area contributed by atoms with Crippen LogP contribution in [0.15, 0.2) is 40.2 Å². The van der Waals surface area contributed by atoms with Crippen LogP contribution < -0.4 is 15.4 Å². The van der Waals surface area contributed by atoms with Gasteiger partial charge in [-0.15, -0.1) is 24.0 Å². The van der Waals surface area contributed by atoms with Gasteiger partial charge in [-0.3, -0.25) is 4.99 Å². The first-order valence-corrected chi connectivity index (χ1v) is 9.11. The first-order valence-electron chi connectivity index (χ1n) is 7.62. The Morgan fingerprint density at radius 3 is 2.52 bits per heavy atom. The van der Waals surface area contributed by atoms with Crippen molar-refractivity contribution in [3.63, 3.8) is 0 Å². The minimum absolute atomic E-state index is 0. The number of nitrogens with zero attached hydrogens (tertiary/aromatic N) is 1. The molecule has 0 aliphatic heterocycles. The molecule has 1 fully saturated rings. The largest absolute Gasteiger partial charge is 0.357 e. The lowest BCUT2D eigenvalue weighted by atomic mass is 10.4. The Balaban J connectivity index is 0.00000264. The molecule has 1 aliphatic rings. The first kappa shape index (κ1) is 20.2. The molecule has 6 nitrogen and oxygen atoms in total. The molecule has 130 valence electrons. The van der Waals surface area contributed by atoms with Gasteiger partial charge in [-0.05, 0) is 31.4 Å². The van der Waals surface area contributed by atoms with Gasteiger partial charge in [0.15, 0.2) is 5.96 Å². The third-order valence-electron chi connectivity index (χ3n) is 3.50. The predicted molar refractivity (Wildman–Crippen MR) is 104 cm³/mol. The average molecular weight is 452 g/mol. The van der Waals surface area contributed by atoms with Gasteiger partial charge in [0, 0.05) is 19.1 Å². The summed E-state index contributed by atoms with van der Waals surface area (Å²) in [5.74, 6) is 1.43. The van der Waals surface area contributed by atoms with Crippen LogP contribution in [0.3, 0.4) is 0 Å². The van der Waals surface area contributed by atoms with Gasteiger partial charge in [0.2, 0.25) is 10.0 Å². The molecule has 0 heterocycles. The average Bonchev–Trinajstić information content (AvgIpc) is 3.20. The van der Waals surface area contributed by atoms with Crippen LogP contribution in [0.5, 0.6) is 0 Å². The third kappa shape index (κ3) is 6.64. The Hall–Kier alpha value is -0.870. The van der Waals surface area contributed by atoms with Crippen molar-refractivity contribution >= 4 is 40.0 Å². The molecule has 23 heavy (non-hydrogen) atoms. The van der Waals surface area contributed by atoms with Gasteiger partial charge in [-0.1, -0.05) is 25.1 Å². The highest BCUT2D eigenvalue weighted by atomic mass is 127. The van der Waals surface area contributed by atoms with Crippen molar-refractivity contribution in [1.82, 2.24) is 15.4 Å². The topological polar surface area (TPSA) is 82.6 Å². The summed E-state index contributed by atoms with van der Waals surface area (Å²) >= 11 is 0. The fraction of sp³-hybridized carbons (Fsp3) is 0.533. The van der Waals surface area contributed by atoms with Crippen LogP contribution in [0, 0.1) is 5.92 Å². The fourth-order valence-electron chi connectivity index (χ4n) is 2.05. The van der Waals surface area contributed by atoms with E-state index in [-0.39, 0.29) is 35.4 Å². The van der Waals surface area contributed by atoms with Crippen LogP contribution in [-0.2, 0) is 10.0 Å². The zero-order chi connectivity index (χ0) is 16.0. The number of sulfonamides is 1. The Kier molecular flexibility index (Phi) is 8.27. The molecule has 1 aliphatic carbocycles. The summed E-state index contributed by atoms with van der Waals surface area (Å²) < 4.78 is 26.6. The Morgan fingerprint density at radius 1 is 1.30 bits per heavy atom. The number of nitrogens with one attached hydrogen (secondary N) is 3. The quantitative estimate of drug-likeness (QED) is 0.254. The maximum atomic E-state index is 12.0. The summed E-state index contributed by atoms with van der Waals surface area (Å²) in [6.45, 7) is 5.64. The number of hydrogen-bond donors (Lipinski definition) is 3. The van der Waals surface area contributed by atoms with E-state index in [1.807, 2.05) is 6.92 Å². The minimum Gasteiger partial charge on any atom is -0.357 e. The van der Waals surface area contributed by atoms with E-state index in [0.29, 0.717) is 18.5 Å². The van der Waals surface area contributed by atoms with Crippen molar-refractivity contribution in [2.24, 2.45) is 10.9 Å². The van der Waals surface area contributed by atoms with Gasteiger partial charge >= 0.3 is 0 Å². The summed E-state index contributed by atoms with van der Waals surface area (Å²) in [6, 6.07) is 8.83. The summed E-state index contributed by atoms with van der Waals surface area (Å²) in [5, 5.41) is 6.50. The van der Waals surface area contributed by atoms with Crippen LogP contribution in [0.25, 0.3) is 0 Å². The lowest BCUT2D eigenvalue weighted by Gasteiger charge is -2.11. The smallest absolute Gasteiger partial charge is 0.240 e. The molecule has 0 aromatic heterocycles. The van der Waals surface area contributed by atoms with Crippen LogP contribution >= 0.6 is 24.0 Å². The standard InChI is InChI=1S/C15H24N4O2S.HI/c1-3-16-15(19-14-11-12(14)2)17-9-10-18-22(20,21)13-7-5-4-6-8-13;/h4-8,12,14,18H,3,9-11H2,1-2H3,(H2,16,17,19);1H. The summed E-state index contributed by atoms with van der Waals surface area (Å²) in [7, 11) is -3.45. The van der Waals surface area contributed by atoms with E-state index in [2.05, 4.69) is 27.3 Å². The number of halogens is 1. The van der Waals surface area contributed by atoms with Crippen molar-refractivity contribution in [3.05, 3.63) is 30.3 Å². The Bertz CT molecular complexity index is 607. The van der Waals surface area contributed by atoms with E-state index >= 15 is 0 Å². The zero-order valence-corrected chi connectivity index (χ0v) is 16.6. The minimum atomic E-state index is -3.45. The Labute approximate surface area is 155 Å². The van der Waals surface area contributed by atoms with Crippen LogP contribution in [0.2, 0.25) is 0 Å². The van der Waals surface area contributed by atoms with Gasteiger partial charge in [-0.2, -0.15) is 0 Å². The second-order valence-electron chi connectivity index (χ2n) is 5.44. The molecule has 1 saturated carbocycles. The normalized spacial score (nSPS) is 20.5. The molecule has 0 radical (unpaired) electrons. The number of benzene rings is 1. The molecule has 1 aromatic carbocycles. The summed E-state index contributed by atoms with van der Waals surface area (Å²) in [6.07, 6.45) is 1.16. The number of aliphatic imine (C=N–C) groups is 1. The van der Waals surface area contributed by atoms with Crippen LogP contribution in [-0.4, -0.2) is 40.1 Å². The fourth-order valence-corrected chi connectivity index (χ4v) is 3.09. The number of hydrogen-bond acceptors (Lipinski definition) is 3. The highest BCUT2D eigenvalue weighted by molar-refractivity contribution is 14.0. The molecule has 2 rings (SSSR count). The monoisotopic (exact) mass is 452 g/mol. The molecule has 2 unspecified atom stereocenters. The number of rotatable bonds is 7. The van der Waals surface area contributed by atoms with Crippen LogP contribution in [0.1, 0.15) is 20.3 Å². The van der Waals surface area contributed by atoms with Gasteiger partial charge in [0.05, 0.1) is 11.4 Å². The molecule has 2 atom stereocenters. The molecule has 3 N–H and O–H groups in total. The summed E-state index contributed by atoms with van der Waals surface area (Å²) in [4.78, 5) is 4.67. The molecule has 1 aromatic rings. The van der Waals surface area contributed by atoms with Crippen LogP contribution in [0.4, 0.5) is 0 Å². The maximum Gasteiger partial charge on any atom is 0.240 e. The Morgan fingerprint density at radius 2 is 1.96 bits per heavy atom. The van der Waals surface area contributed by atoms with E-state index in [4.69, 9.17) is 0 Å². The van der Waals surface area contributed by atoms with Gasteiger partial charge in [0.25, 0.3) is 0 Å². The van der Waals surface area contributed by atoms with Crippen molar-refractivity contribution < 1.29 is 8.42 Å². The van der Waals surface area contributed by atoms with Gasteiger partial charge < -0.3 is 10.6 Å². The highest BCUT2D eigenvalue weighted by Gasteiger charge is 2.33. The highest BCUT2D eigenvalue weighted by Crippen LogP contribution is 2.28. The first-order chi connectivity index (χ1) is 10.5. The molecule has 8 heteroatoms. The molecular weight excluding hydrogens is 427 g/mol. The number of guanidine groups is 1. The molecule has 0 amide bonds. The second kappa shape index (κ2) is 9.43. The third-order valence-corrected chi connectivity index (χ3v) is 4.98. The molecule has 0 saturated heterocycles. The molecular formula is C15H25IN4O2S. The molecule has 0 bridgehead atoms. The second-order valence-corrected chi connectivity index (χ2v) is 7.20. The van der Waals surface area contributed by atoms with Gasteiger partial charge in [-0.25, -0.2) is 13.1 Å². The van der Waals surface area contributed by atoms with Crippen molar-refractivity contribution in [2.45, 2.75) is 31.2 Å². The SMILES string of the molecule is CCNC(=NCCNS(=O)(=O)c1ccccc1)NC1CC1C.I. The zero-order valence-electron chi connectivity index (χ0n) is 13.5. The van der Waals surface area contributed by atoms with Crippen molar-refractivity contribution in [3.8, 4) is 0 Å². The van der Waals surface area contributed by atoms with E-state index in [1.165, 1.54) is 0 Å². The predicted octanol–water partition coefficient (Wildman–Crippen LogP) is 1.55. The lowest BCUT2D eigenvalue weighted by molar-refractivity contribution is 0.582. The van der Waals surface area contributed by atoms with E-state index < -0.39 is 10.0 Å². The van der Waals surface area contributed by atoms with Crippen molar-refractivity contribution in [1.29, 1.82) is 0 Å². The molecule has 0 spiro atoms. The van der Waals surface area contributed by atoms with Gasteiger partial charge in [0.1, 0.15) is 0 Å².